The van der Waals surface area contributed by atoms with E-state index in [4.69, 9.17) is 14.2 Å². The molecule has 0 bridgehead atoms. The summed E-state index contributed by atoms with van der Waals surface area (Å²) < 4.78 is 17.5. The quantitative estimate of drug-likeness (QED) is 0.500. The summed E-state index contributed by atoms with van der Waals surface area (Å²) in [5.41, 5.74) is 0. The fourth-order valence-electron chi connectivity index (χ4n) is 3.74. The summed E-state index contributed by atoms with van der Waals surface area (Å²) in [7, 11) is 1.87. The van der Waals surface area contributed by atoms with E-state index in [-0.39, 0.29) is 0 Å². The van der Waals surface area contributed by atoms with Crippen LogP contribution in [0, 0.1) is 5.92 Å². The minimum Gasteiger partial charge on any atom is -0.378 e. The normalized spacial score (nSPS) is 23.7. The minimum atomic E-state index is 0.308. The molecule has 0 aromatic heterocycles. The number of hydrogen-bond donors (Lipinski definition) is 1. The molecular weight excluding hydrogens is 330 g/mol. The van der Waals surface area contributed by atoms with Gasteiger partial charge in [-0.05, 0) is 44.9 Å². The van der Waals surface area contributed by atoms with Crippen LogP contribution in [0.1, 0.15) is 52.9 Å². The molecule has 2 saturated heterocycles. The topological polar surface area (TPSA) is 55.3 Å². The monoisotopic (exact) mass is 369 g/mol. The number of aliphatic imine (C=N–C) groups is 1. The van der Waals surface area contributed by atoms with Gasteiger partial charge in [0.25, 0.3) is 0 Å². The Morgan fingerprint density at radius 3 is 2.62 bits per heavy atom. The number of guanidine groups is 1. The minimum absolute atomic E-state index is 0.308. The first-order valence-corrected chi connectivity index (χ1v) is 10.4. The van der Waals surface area contributed by atoms with Gasteiger partial charge in [-0.1, -0.05) is 13.8 Å². The van der Waals surface area contributed by atoms with Crippen LogP contribution in [0.3, 0.4) is 0 Å². The second-order valence-electron chi connectivity index (χ2n) is 7.66. The molecule has 0 aromatic carbocycles. The molecular formula is C20H39N3O3. The number of rotatable bonds is 9. The van der Waals surface area contributed by atoms with Crippen LogP contribution in [-0.2, 0) is 14.2 Å². The standard InChI is InChI=1S/C20H39N3O3/c1-5-24-19(16(2)3)8-11-22-20(21-4)23-12-9-17(10-13-23)26-15-18-7-6-14-25-18/h16-19H,5-15H2,1-4H3,(H,21,22). The van der Waals surface area contributed by atoms with Crippen LogP contribution in [-0.4, -0.2) is 75.7 Å². The molecule has 6 nitrogen and oxygen atoms in total. The van der Waals surface area contributed by atoms with Crippen LogP contribution < -0.4 is 5.32 Å². The molecule has 26 heavy (non-hydrogen) atoms. The first-order valence-electron chi connectivity index (χ1n) is 10.4. The fourth-order valence-corrected chi connectivity index (χ4v) is 3.74. The molecule has 6 heteroatoms. The molecule has 0 saturated carbocycles. The highest BCUT2D eigenvalue weighted by molar-refractivity contribution is 5.79. The number of hydrogen-bond acceptors (Lipinski definition) is 4. The number of nitrogens with zero attached hydrogens (tertiary/aromatic N) is 2. The Hall–Kier alpha value is -0.850. The van der Waals surface area contributed by atoms with E-state index in [1.165, 1.54) is 6.42 Å². The van der Waals surface area contributed by atoms with E-state index in [1.54, 1.807) is 0 Å². The van der Waals surface area contributed by atoms with Crippen molar-refractivity contribution < 1.29 is 14.2 Å². The molecule has 0 aromatic rings. The highest BCUT2D eigenvalue weighted by atomic mass is 16.5. The summed E-state index contributed by atoms with van der Waals surface area (Å²) in [5.74, 6) is 1.54. The van der Waals surface area contributed by atoms with Crippen molar-refractivity contribution in [2.24, 2.45) is 10.9 Å². The third-order valence-electron chi connectivity index (χ3n) is 5.33. The van der Waals surface area contributed by atoms with Gasteiger partial charge in [0, 0.05) is 39.9 Å². The summed E-state index contributed by atoms with van der Waals surface area (Å²) in [6, 6.07) is 0. The van der Waals surface area contributed by atoms with Crippen molar-refractivity contribution in [3.05, 3.63) is 0 Å². The van der Waals surface area contributed by atoms with Crippen molar-refractivity contribution >= 4 is 5.96 Å². The number of ether oxygens (including phenoxy) is 3. The van der Waals surface area contributed by atoms with E-state index in [1.807, 2.05) is 7.05 Å². The molecule has 2 aliphatic rings. The Balaban J connectivity index is 1.65. The second kappa shape index (κ2) is 11.8. The van der Waals surface area contributed by atoms with E-state index in [2.05, 4.69) is 36.0 Å². The van der Waals surface area contributed by atoms with Crippen LogP contribution in [0.15, 0.2) is 4.99 Å². The molecule has 2 unspecified atom stereocenters. The maximum absolute atomic E-state index is 6.07. The van der Waals surface area contributed by atoms with Crippen molar-refractivity contribution in [3.63, 3.8) is 0 Å². The number of likely N-dealkylation sites (tertiary alicyclic amines) is 1. The molecule has 1 N–H and O–H groups in total. The van der Waals surface area contributed by atoms with Crippen LogP contribution >= 0.6 is 0 Å². The molecule has 0 amide bonds. The summed E-state index contributed by atoms with van der Waals surface area (Å²) in [4.78, 5) is 6.81. The van der Waals surface area contributed by atoms with Crippen molar-refractivity contribution in [2.75, 3.05) is 46.5 Å². The van der Waals surface area contributed by atoms with Crippen LogP contribution in [0.4, 0.5) is 0 Å². The van der Waals surface area contributed by atoms with Crippen molar-refractivity contribution in [2.45, 2.75) is 71.2 Å². The summed E-state index contributed by atoms with van der Waals surface area (Å²) in [6.45, 7) is 11.8. The largest absolute Gasteiger partial charge is 0.378 e. The van der Waals surface area contributed by atoms with Gasteiger partial charge >= 0.3 is 0 Å². The predicted octanol–water partition coefficient (Wildman–Crippen LogP) is 2.67. The molecule has 2 heterocycles. The first kappa shape index (κ1) is 21.5. The highest BCUT2D eigenvalue weighted by Gasteiger charge is 2.24. The Kier molecular flexibility index (Phi) is 9.72. The maximum atomic E-state index is 6.07. The molecule has 0 spiro atoms. The van der Waals surface area contributed by atoms with Gasteiger partial charge in [0.2, 0.25) is 0 Å². The van der Waals surface area contributed by atoms with Crippen molar-refractivity contribution in [1.82, 2.24) is 10.2 Å². The lowest BCUT2D eigenvalue weighted by atomic mass is 10.0. The van der Waals surface area contributed by atoms with Gasteiger partial charge in [0.15, 0.2) is 5.96 Å². The summed E-state index contributed by atoms with van der Waals surface area (Å²) >= 11 is 0. The number of nitrogens with one attached hydrogen (secondary N) is 1. The van der Waals surface area contributed by atoms with Gasteiger partial charge in [-0.2, -0.15) is 0 Å². The molecule has 2 rings (SSSR count). The third kappa shape index (κ3) is 7.05. The molecule has 152 valence electrons. The average molecular weight is 370 g/mol. The Labute approximate surface area is 159 Å². The van der Waals surface area contributed by atoms with Gasteiger partial charge < -0.3 is 24.4 Å². The van der Waals surface area contributed by atoms with E-state index in [0.29, 0.717) is 24.2 Å². The average Bonchev–Trinajstić information content (AvgIpc) is 3.17. The Bertz CT molecular complexity index is 403. The summed E-state index contributed by atoms with van der Waals surface area (Å²) in [6.07, 6.45) is 6.43. The van der Waals surface area contributed by atoms with E-state index in [9.17, 15) is 0 Å². The fraction of sp³-hybridized carbons (Fsp3) is 0.950. The van der Waals surface area contributed by atoms with Crippen LogP contribution in [0.2, 0.25) is 0 Å². The Morgan fingerprint density at radius 2 is 2.04 bits per heavy atom. The lowest BCUT2D eigenvalue weighted by Gasteiger charge is -2.34. The molecule has 2 fully saturated rings. The Morgan fingerprint density at radius 1 is 1.27 bits per heavy atom. The third-order valence-corrected chi connectivity index (χ3v) is 5.33. The van der Waals surface area contributed by atoms with Crippen LogP contribution in [0.25, 0.3) is 0 Å². The van der Waals surface area contributed by atoms with E-state index < -0.39 is 0 Å². The van der Waals surface area contributed by atoms with Gasteiger partial charge in [-0.25, -0.2) is 0 Å². The predicted molar refractivity (Wildman–Crippen MR) is 106 cm³/mol. The highest BCUT2D eigenvalue weighted by Crippen LogP contribution is 2.18. The molecule has 0 radical (unpaired) electrons. The number of piperidine rings is 1. The van der Waals surface area contributed by atoms with E-state index in [0.717, 1.165) is 71.1 Å². The summed E-state index contributed by atoms with van der Waals surface area (Å²) in [5, 5.41) is 3.51. The lowest BCUT2D eigenvalue weighted by molar-refractivity contribution is -0.0367. The van der Waals surface area contributed by atoms with E-state index >= 15 is 0 Å². The van der Waals surface area contributed by atoms with Crippen LogP contribution in [0.5, 0.6) is 0 Å². The molecule has 2 aliphatic heterocycles. The van der Waals surface area contributed by atoms with Gasteiger partial charge in [-0.3, -0.25) is 4.99 Å². The van der Waals surface area contributed by atoms with Crippen molar-refractivity contribution in [3.8, 4) is 0 Å². The van der Waals surface area contributed by atoms with Gasteiger partial charge in [0.1, 0.15) is 0 Å². The smallest absolute Gasteiger partial charge is 0.193 e. The van der Waals surface area contributed by atoms with Gasteiger partial charge in [-0.15, -0.1) is 0 Å². The maximum Gasteiger partial charge on any atom is 0.193 e. The molecule has 2 atom stereocenters. The van der Waals surface area contributed by atoms with Crippen molar-refractivity contribution in [1.29, 1.82) is 0 Å². The van der Waals surface area contributed by atoms with Gasteiger partial charge in [0.05, 0.1) is 24.9 Å². The zero-order valence-electron chi connectivity index (χ0n) is 17.2. The molecule has 0 aliphatic carbocycles. The zero-order chi connectivity index (χ0) is 18.8. The zero-order valence-corrected chi connectivity index (χ0v) is 17.2. The second-order valence-corrected chi connectivity index (χ2v) is 7.66. The first-order chi connectivity index (χ1) is 12.6. The SMILES string of the molecule is CCOC(CCNC(=NC)N1CCC(OCC2CCCO2)CC1)C(C)C. The lowest BCUT2D eigenvalue weighted by Crippen LogP contribution is -2.47.